The molecule has 21 heavy (non-hydrogen) atoms. The molecule has 0 bridgehead atoms. The van der Waals surface area contributed by atoms with E-state index in [9.17, 15) is 4.79 Å². The van der Waals surface area contributed by atoms with Gasteiger partial charge in [0.25, 0.3) is 0 Å². The van der Waals surface area contributed by atoms with Crippen LogP contribution in [-0.4, -0.2) is 18.7 Å². The second kappa shape index (κ2) is 6.33. The van der Waals surface area contributed by atoms with E-state index < -0.39 is 5.60 Å². The molecule has 0 fully saturated rings. The molecule has 1 aromatic rings. The van der Waals surface area contributed by atoms with Crippen molar-refractivity contribution in [3.05, 3.63) is 41.5 Å². The van der Waals surface area contributed by atoms with Gasteiger partial charge in [0.2, 0.25) is 0 Å². The molecule has 0 aromatic heterocycles. The van der Waals surface area contributed by atoms with Crippen LogP contribution in [0.15, 0.2) is 35.9 Å². The summed E-state index contributed by atoms with van der Waals surface area (Å²) in [6.45, 7) is 6.17. The van der Waals surface area contributed by atoms with Crippen LogP contribution in [0, 0.1) is 5.92 Å². The molecule has 3 nitrogen and oxygen atoms in total. The number of carbonyl (C=O) groups excluding carboxylic acids is 1. The summed E-state index contributed by atoms with van der Waals surface area (Å²) in [5.74, 6) is 0.844. The van der Waals surface area contributed by atoms with Crippen molar-refractivity contribution in [1.29, 1.82) is 0 Å². The zero-order valence-corrected chi connectivity index (χ0v) is 13.3. The fraction of sp³-hybridized carbons (Fsp3) is 0.500. The second-order valence-corrected chi connectivity index (χ2v) is 6.24. The summed E-state index contributed by atoms with van der Waals surface area (Å²) >= 11 is 0. The Bertz CT molecular complexity index is 526. The minimum absolute atomic E-state index is 0.270. The fourth-order valence-electron chi connectivity index (χ4n) is 2.70. The summed E-state index contributed by atoms with van der Waals surface area (Å²) in [7, 11) is 1.61. The average Bonchev–Trinajstić information content (AvgIpc) is 2.47. The molecule has 0 N–H and O–H groups in total. The number of esters is 1. The molecule has 0 amide bonds. The predicted octanol–water partition coefficient (Wildman–Crippen LogP) is 4.38. The fourth-order valence-corrected chi connectivity index (χ4v) is 2.70. The highest BCUT2D eigenvalue weighted by molar-refractivity contribution is 5.89. The van der Waals surface area contributed by atoms with E-state index in [0.717, 1.165) is 25.0 Å². The van der Waals surface area contributed by atoms with Gasteiger partial charge in [-0.1, -0.05) is 11.6 Å². The van der Waals surface area contributed by atoms with E-state index in [0.29, 0.717) is 11.5 Å². The molecule has 1 aliphatic carbocycles. The Hall–Kier alpha value is -1.77. The first-order valence-electron chi connectivity index (χ1n) is 7.45. The van der Waals surface area contributed by atoms with Crippen LogP contribution in [0.25, 0.3) is 0 Å². The van der Waals surface area contributed by atoms with Gasteiger partial charge in [0, 0.05) is 5.92 Å². The highest BCUT2D eigenvalue weighted by Crippen LogP contribution is 2.34. The van der Waals surface area contributed by atoms with Gasteiger partial charge >= 0.3 is 5.97 Å². The Balaban J connectivity index is 2.03. The summed E-state index contributed by atoms with van der Waals surface area (Å²) in [5.41, 5.74) is 1.55. The SMILES string of the molecule is COc1ccc(C(=O)OC(C)(C)C2CC=C(C)CC2)cc1. The maximum Gasteiger partial charge on any atom is 0.338 e. The summed E-state index contributed by atoms with van der Waals surface area (Å²) in [6, 6.07) is 7.02. The van der Waals surface area contributed by atoms with Gasteiger partial charge in [0.15, 0.2) is 0 Å². The lowest BCUT2D eigenvalue weighted by Crippen LogP contribution is -2.37. The molecule has 114 valence electrons. The molecular formula is C18H24O3. The Morgan fingerprint density at radius 1 is 1.24 bits per heavy atom. The molecule has 1 aliphatic rings. The normalized spacial score (nSPS) is 18.9. The zero-order valence-electron chi connectivity index (χ0n) is 13.3. The van der Waals surface area contributed by atoms with Gasteiger partial charge in [-0.15, -0.1) is 0 Å². The zero-order chi connectivity index (χ0) is 15.5. The third-order valence-corrected chi connectivity index (χ3v) is 4.30. The molecule has 0 saturated heterocycles. The molecule has 1 aromatic carbocycles. The molecule has 0 radical (unpaired) electrons. The number of ether oxygens (including phenoxy) is 2. The molecule has 1 atom stereocenters. The molecule has 2 rings (SSSR count). The lowest BCUT2D eigenvalue weighted by atomic mass is 9.79. The van der Waals surface area contributed by atoms with E-state index in [1.54, 1.807) is 31.4 Å². The first-order valence-corrected chi connectivity index (χ1v) is 7.45. The number of hydrogen-bond acceptors (Lipinski definition) is 3. The molecular weight excluding hydrogens is 264 g/mol. The summed E-state index contributed by atoms with van der Waals surface area (Å²) < 4.78 is 10.9. The molecule has 0 aliphatic heterocycles. The number of benzene rings is 1. The smallest absolute Gasteiger partial charge is 0.338 e. The van der Waals surface area contributed by atoms with Crippen LogP contribution in [0.4, 0.5) is 0 Å². The number of hydrogen-bond donors (Lipinski definition) is 0. The van der Waals surface area contributed by atoms with Crippen molar-refractivity contribution in [2.24, 2.45) is 5.92 Å². The monoisotopic (exact) mass is 288 g/mol. The van der Waals surface area contributed by atoms with Crippen LogP contribution in [-0.2, 0) is 4.74 Å². The Kier molecular flexibility index (Phi) is 4.71. The lowest BCUT2D eigenvalue weighted by molar-refractivity contribution is -0.0322. The Labute approximate surface area is 127 Å². The lowest BCUT2D eigenvalue weighted by Gasteiger charge is -2.35. The van der Waals surface area contributed by atoms with Gasteiger partial charge in [-0.3, -0.25) is 0 Å². The van der Waals surface area contributed by atoms with Crippen molar-refractivity contribution in [3.63, 3.8) is 0 Å². The maximum absolute atomic E-state index is 12.3. The van der Waals surface area contributed by atoms with Crippen molar-refractivity contribution < 1.29 is 14.3 Å². The van der Waals surface area contributed by atoms with Gasteiger partial charge in [0.05, 0.1) is 12.7 Å². The minimum Gasteiger partial charge on any atom is -0.497 e. The summed E-state index contributed by atoms with van der Waals surface area (Å²) in [6.07, 6.45) is 5.41. The van der Waals surface area contributed by atoms with Gasteiger partial charge in [0.1, 0.15) is 11.4 Å². The third kappa shape index (κ3) is 3.87. The van der Waals surface area contributed by atoms with Crippen LogP contribution in [0.1, 0.15) is 50.4 Å². The van der Waals surface area contributed by atoms with Crippen molar-refractivity contribution in [3.8, 4) is 5.75 Å². The number of allylic oxidation sites excluding steroid dienone is 2. The molecule has 1 unspecified atom stereocenters. The van der Waals surface area contributed by atoms with Gasteiger partial charge in [-0.25, -0.2) is 4.79 Å². The van der Waals surface area contributed by atoms with E-state index in [-0.39, 0.29) is 5.97 Å². The van der Waals surface area contributed by atoms with Crippen molar-refractivity contribution in [2.45, 2.75) is 45.6 Å². The van der Waals surface area contributed by atoms with Crippen LogP contribution >= 0.6 is 0 Å². The highest BCUT2D eigenvalue weighted by atomic mass is 16.6. The van der Waals surface area contributed by atoms with Crippen molar-refractivity contribution >= 4 is 5.97 Å². The van der Waals surface area contributed by atoms with E-state index in [1.807, 2.05) is 13.8 Å². The predicted molar refractivity (Wildman–Crippen MR) is 83.6 cm³/mol. The number of rotatable bonds is 4. The van der Waals surface area contributed by atoms with Gasteiger partial charge < -0.3 is 9.47 Å². The van der Waals surface area contributed by atoms with Gasteiger partial charge in [-0.2, -0.15) is 0 Å². The first kappa shape index (κ1) is 15.6. The number of methoxy groups -OCH3 is 1. The van der Waals surface area contributed by atoms with Crippen LogP contribution < -0.4 is 4.74 Å². The first-order chi connectivity index (χ1) is 9.92. The van der Waals surface area contributed by atoms with Crippen LogP contribution in [0.2, 0.25) is 0 Å². The number of carbonyl (C=O) groups is 1. The minimum atomic E-state index is -0.450. The quantitative estimate of drug-likeness (QED) is 0.609. The molecule has 0 saturated carbocycles. The molecule has 3 heteroatoms. The van der Waals surface area contributed by atoms with E-state index in [1.165, 1.54) is 5.57 Å². The maximum atomic E-state index is 12.3. The Morgan fingerprint density at radius 2 is 1.90 bits per heavy atom. The molecule has 0 heterocycles. The summed E-state index contributed by atoms with van der Waals surface area (Å²) in [4.78, 5) is 12.3. The molecule has 0 spiro atoms. The average molecular weight is 288 g/mol. The van der Waals surface area contributed by atoms with Crippen LogP contribution in [0.5, 0.6) is 5.75 Å². The van der Waals surface area contributed by atoms with Crippen molar-refractivity contribution in [2.75, 3.05) is 7.11 Å². The second-order valence-electron chi connectivity index (χ2n) is 6.24. The third-order valence-electron chi connectivity index (χ3n) is 4.30. The summed E-state index contributed by atoms with van der Waals surface area (Å²) in [5, 5.41) is 0. The Morgan fingerprint density at radius 3 is 2.43 bits per heavy atom. The van der Waals surface area contributed by atoms with E-state index in [4.69, 9.17) is 9.47 Å². The van der Waals surface area contributed by atoms with E-state index >= 15 is 0 Å². The van der Waals surface area contributed by atoms with Gasteiger partial charge in [-0.05, 0) is 64.3 Å². The standard InChI is InChI=1S/C18H24O3/c1-13-5-9-15(10-6-13)18(2,3)21-17(19)14-7-11-16(20-4)12-8-14/h5,7-8,11-12,15H,6,9-10H2,1-4H3. The van der Waals surface area contributed by atoms with E-state index in [2.05, 4.69) is 13.0 Å². The van der Waals surface area contributed by atoms with Crippen LogP contribution in [0.3, 0.4) is 0 Å². The highest BCUT2D eigenvalue weighted by Gasteiger charge is 2.34. The largest absolute Gasteiger partial charge is 0.497 e. The van der Waals surface area contributed by atoms with Crippen molar-refractivity contribution in [1.82, 2.24) is 0 Å². The topological polar surface area (TPSA) is 35.5 Å².